The lowest BCUT2D eigenvalue weighted by molar-refractivity contribution is -0.0979. The number of aliphatic hydroxyl groups is 1. The molecule has 1 aliphatic heterocycles. The first-order valence-corrected chi connectivity index (χ1v) is 4.64. The van der Waals surface area contributed by atoms with E-state index in [4.69, 9.17) is 9.90 Å². The Morgan fingerprint density at radius 1 is 1.38 bits per heavy atom. The Morgan fingerprint density at radius 3 is 1.85 bits per heavy atom. The molecule has 0 amide bonds. The minimum absolute atomic E-state index is 0.500. The molecule has 80 valence electrons. The van der Waals surface area contributed by atoms with Gasteiger partial charge in [-0.15, -0.1) is 0 Å². The molecule has 3 heteroatoms. The maximum absolute atomic E-state index is 8.52. The molecular formula is C10H23NO2. The van der Waals surface area contributed by atoms with Crippen molar-refractivity contribution in [2.45, 2.75) is 52.2 Å². The zero-order chi connectivity index (χ0) is 10.9. The molecule has 1 unspecified atom stereocenters. The van der Waals surface area contributed by atoms with E-state index >= 15 is 0 Å². The fraction of sp³-hybridized carbons (Fsp3) is 0.900. The number of hydrogen-bond donors (Lipinski definition) is 2. The van der Waals surface area contributed by atoms with E-state index < -0.39 is 5.60 Å². The molecule has 1 rings (SSSR count). The summed E-state index contributed by atoms with van der Waals surface area (Å²) in [5, 5.41) is 11.8. The van der Waals surface area contributed by atoms with Crippen molar-refractivity contribution in [1.82, 2.24) is 5.32 Å². The molecule has 0 aromatic heterocycles. The van der Waals surface area contributed by atoms with Crippen LogP contribution < -0.4 is 5.32 Å². The van der Waals surface area contributed by atoms with Gasteiger partial charge in [-0.1, -0.05) is 0 Å². The molecule has 0 spiro atoms. The molecule has 0 aromatic carbocycles. The van der Waals surface area contributed by atoms with Crippen LogP contribution in [0.15, 0.2) is 0 Å². The maximum Gasteiger partial charge on any atom is 0.106 e. The summed E-state index contributed by atoms with van der Waals surface area (Å²) in [6.45, 7) is 10.7. The Hall–Kier alpha value is -0.410. The molecule has 1 atom stereocenters. The minimum atomic E-state index is -0.500. The molecule has 1 saturated heterocycles. The fourth-order valence-corrected chi connectivity index (χ4v) is 0.859. The van der Waals surface area contributed by atoms with E-state index in [9.17, 15) is 0 Å². The van der Waals surface area contributed by atoms with E-state index in [1.807, 2.05) is 6.79 Å². The van der Waals surface area contributed by atoms with E-state index in [1.54, 1.807) is 20.8 Å². The molecule has 0 aromatic rings. The quantitative estimate of drug-likeness (QED) is 0.605. The number of nitrogens with one attached hydrogen (secondary N) is 1. The molecule has 1 aliphatic rings. The van der Waals surface area contributed by atoms with Crippen molar-refractivity contribution in [1.29, 1.82) is 0 Å². The van der Waals surface area contributed by atoms with Gasteiger partial charge in [0.25, 0.3) is 0 Å². The van der Waals surface area contributed by atoms with Gasteiger partial charge in [-0.2, -0.15) is 0 Å². The third-order valence-electron chi connectivity index (χ3n) is 1.31. The first-order valence-electron chi connectivity index (χ1n) is 4.64. The van der Waals surface area contributed by atoms with Crippen LogP contribution in [0.1, 0.15) is 40.5 Å². The molecule has 1 fully saturated rings. The predicted octanol–water partition coefficient (Wildman–Crippen LogP) is 1.35. The number of carbonyl (C=O) groups is 1. The van der Waals surface area contributed by atoms with Crippen molar-refractivity contribution in [3.8, 4) is 0 Å². The number of rotatable bonds is 0. The summed E-state index contributed by atoms with van der Waals surface area (Å²) in [4.78, 5) is 8.00. The van der Waals surface area contributed by atoms with Gasteiger partial charge >= 0.3 is 0 Å². The standard InChI is InChI=1S/C5H11N.C4H10O.CH2O/c1-5-3-2-4-6-5;1-4(2,3)5;1-2/h5-6H,2-4H2,1H3;5H,1-3H3;1H2. The van der Waals surface area contributed by atoms with Crippen molar-refractivity contribution in [3.63, 3.8) is 0 Å². The van der Waals surface area contributed by atoms with E-state index in [0.717, 1.165) is 6.04 Å². The Balaban J connectivity index is 0. The third-order valence-corrected chi connectivity index (χ3v) is 1.31. The van der Waals surface area contributed by atoms with Crippen molar-refractivity contribution in [2.24, 2.45) is 0 Å². The summed E-state index contributed by atoms with van der Waals surface area (Å²) < 4.78 is 0. The molecule has 1 heterocycles. The number of hydrogen-bond acceptors (Lipinski definition) is 3. The van der Waals surface area contributed by atoms with Crippen molar-refractivity contribution < 1.29 is 9.90 Å². The van der Waals surface area contributed by atoms with Gasteiger partial charge in [-0.25, -0.2) is 0 Å². The summed E-state index contributed by atoms with van der Waals surface area (Å²) in [6.07, 6.45) is 2.75. The van der Waals surface area contributed by atoms with Crippen LogP contribution in [0, 0.1) is 0 Å². The zero-order valence-electron chi connectivity index (χ0n) is 9.26. The average Bonchev–Trinajstić information content (AvgIpc) is 2.40. The first-order chi connectivity index (χ1) is 5.89. The van der Waals surface area contributed by atoms with Gasteiger partial charge in [-0.3, -0.25) is 0 Å². The van der Waals surface area contributed by atoms with Crippen molar-refractivity contribution in [2.75, 3.05) is 6.54 Å². The van der Waals surface area contributed by atoms with Crippen LogP contribution in [0.25, 0.3) is 0 Å². The highest BCUT2D eigenvalue weighted by molar-refractivity contribution is 5.10. The molecule has 0 radical (unpaired) electrons. The van der Waals surface area contributed by atoms with Gasteiger partial charge in [-0.05, 0) is 47.1 Å². The predicted molar refractivity (Wildman–Crippen MR) is 55.8 cm³/mol. The minimum Gasteiger partial charge on any atom is -0.391 e. The SMILES string of the molecule is C=O.CC(C)(C)O.CC1CCCN1. The third kappa shape index (κ3) is 24.5. The molecular weight excluding hydrogens is 166 g/mol. The molecule has 0 aliphatic carbocycles. The lowest BCUT2D eigenvalue weighted by Crippen LogP contribution is -2.16. The van der Waals surface area contributed by atoms with Gasteiger partial charge in [0.05, 0.1) is 5.60 Å². The lowest BCUT2D eigenvalue weighted by Gasteiger charge is -2.04. The first kappa shape index (κ1) is 15.1. The average molecular weight is 189 g/mol. The van der Waals surface area contributed by atoms with E-state index in [1.165, 1.54) is 19.4 Å². The molecule has 3 nitrogen and oxygen atoms in total. The smallest absolute Gasteiger partial charge is 0.106 e. The summed E-state index contributed by atoms with van der Waals surface area (Å²) in [5.74, 6) is 0. The maximum atomic E-state index is 8.52. The summed E-state index contributed by atoms with van der Waals surface area (Å²) >= 11 is 0. The van der Waals surface area contributed by atoms with Crippen molar-refractivity contribution >= 4 is 6.79 Å². The second-order valence-corrected chi connectivity index (χ2v) is 4.17. The van der Waals surface area contributed by atoms with Crippen molar-refractivity contribution in [3.05, 3.63) is 0 Å². The topological polar surface area (TPSA) is 49.3 Å². The van der Waals surface area contributed by atoms with Gasteiger partial charge in [0.1, 0.15) is 6.79 Å². The van der Waals surface area contributed by atoms with Crippen LogP contribution in [-0.2, 0) is 4.79 Å². The zero-order valence-corrected chi connectivity index (χ0v) is 9.26. The van der Waals surface area contributed by atoms with Crippen LogP contribution in [0.4, 0.5) is 0 Å². The van der Waals surface area contributed by atoms with E-state index in [0.29, 0.717) is 0 Å². The normalized spacial score (nSPS) is 20.8. The second kappa shape index (κ2) is 8.20. The summed E-state index contributed by atoms with van der Waals surface area (Å²) in [7, 11) is 0. The highest BCUT2D eigenvalue weighted by Crippen LogP contribution is 2.01. The van der Waals surface area contributed by atoms with E-state index in [-0.39, 0.29) is 0 Å². The van der Waals surface area contributed by atoms with Gasteiger partial charge in [0.2, 0.25) is 0 Å². The lowest BCUT2D eigenvalue weighted by atomic mass is 10.2. The number of carbonyl (C=O) groups excluding carboxylic acids is 1. The molecule has 13 heavy (non-hydrogen) atoms. The van der Waals surface area contributed by atoms with Gasteiger partial charge in [0.15, 0.2) is 0 Å². The van der Waals surface area contributed by atoms with Crippen LogP contribution in [0.5, 0.6) is 0 Å². The Morgan fingerprint density at radius 2 is 1.77 bits per heavy atom. The Labute approximate surface area is 81.5 Å². The second-order valence-electron chi connectivity index (χ2n) is 4.17. The molecule has 0 saturated carbocycles. The largest absolute Gasteiger partial charge is 0.391 e. The molecule has 0 bridgehead atoms. The molecule has 2 N–H and O–H groups in total. The van der Waals surface area contributed by atoms with Crippen LogP contribution in [0.2, 0.25) is 0 Å². The van der Waals surface area contributed by atoms with Gasteiger partial charge in [0, 0.05) is 6.04 Å². The van der Waals surface area contributed by atoms with Crippen LogP contribution >= 0.6 is 0 Å². The monoisotopic (exact) mass is 189 g/mol. The van der Waals surface area contributed by atoms with Gasteiger partial charge < -0.3 is 15.2 Å². The Kier molecular flexibility index (Phi) is 9.51. The van der Waals surface area contributed by atoms with Crippen LogP contribution in [-0.4, -0.2) is 30.1 Å². The van der Waals surface area contributed by atoms with Crippen LogP contribution in [0.3, 0.4) is 0 Å². The summed E-state index contributed by atoms with van der Waals surface area (Å²) in [6, 6.07) is 0.796. The highest BCUT2D eigenvalue weighted by Gasteiger charge is 2.05. The highest BCUT2D eigenvalue weighted by atomic mass is 16.3. The summed E-state index contributed by atoms with van der Waals surface area (Å²) in [5.41, 5.74) is -0.500. The Bertz CT molecular complexity index is 98.0. The van der Waals surface area contributed by atoms with E-state index in [2.05, 4.69) is 12.2 Å². The fourth-order valence-electron chi connectivity index (χ4n) is 0.859.